The van der Waals surface area contributed by atoms with Crippen LogP contribution >= 0.6 is 0 Å². The molecule has 4 aromatic rings. The minimum Gasteiger partial charge on any atom is -0.493 e. The number of rotatable bonds is 8. The summed E-state index contributed by atoms with van der Waals surface area (Å²) in [5.74, 6) is 1.22. The Kier molecular flexibility index (Phi) is 6.50. The minimum atomic E-state index is -4.91. The Bertz CT molecular complexity index is 1450. The first-order chi connectivity index (χ1) is 18.0. The summed E-state index contributed by atoms with van der Waals surface area (Å²) in [4.78, 5) is 13.1. The molecule has 0 spiro atoms. The number of halogens is 3. The standard InChI is InChI=1S/C27H29F3N6O2/c1-4-21-34-23(19-14-33-36(24(19)35-21)18-8-6-11-31-13-18)32-16-26(37,27(28,29)30)15-25(2,3)20-9-5-7-17-10-12-38-22(17)20/h5-9,11,13-14,37H,4,10,12,15-16H2,1-3H3,(H,32,34,35). The quantitative estimate of drug-likeness (QED) is 0.341. The Morgan fingerprint density at radius 3 is 2.63 bits per heavy atom. The number of hydrogen-bond donors (Lipinski definition) is 2. The zero-order valence-corrected chi connectivity index (χ0v) is 21.4. The van der Waals surface area contributed by atoms with Gasteiger partial charge in [0.05, 0.1) is 36.6 Å². The fraction of sp³-hybridized carbons (Fsp3) is 0.407. The summed E-state index contributed by atoms with van der Waals surface area (Å²) in [5.41, 5.74) is -1.40. The average Bonchev–Trinajstić information content (AvgIpc) is 3.54. The molecule has 38 heavy (non-hydrogen) atoms. The van der Waals surface area contributed by atoms with Crippen molar-refractivity contribution in [2.75, 3.05) is 18.5 Å². The molecule has 1 aliphatic rings. The molecule has 4 heterocycles. The van der Waals surface area contributed by atoms with E-state index in [1.54, 1.807) is 49.1 Å². The maximum absolute atomic E-state index is 14.4. The van der Waals surface area contributed by atoms with Crippen molar-refractivity contribution < 1.29 is 23.0 Å². The fourth-order valence-corrected chi connectivity index (χ4v) is 4.98. The second-order valence-electron chi connectivity index (χ2n) is 10.2. The third kappa shape index (κ3) is 4.66. The van der Waals surface area contributed by atoms with Crippen LogP contribution in [0.5, 0.6) is 5.75 Å². The third-order valence-electron chi connectivity index (χ3n) is 6.94. The van der Waals surface area contributed by atoms with E-state index in [-0.39, 0.29) is 5.82 Å². The van der Waals surface area contributed by atoms with E-state index in [0.29, 0.717) is 53.3 Å². The SMILES string of the molecule is CCc1nc(NCC(O)(CC(C)(C)c2cccc3c2OCC3)C(F)(F)F)c2cnn(-c3cccnc3)c2n1. The van der Waals surface area contributed by atoms with Crippen LogP contribution in [0.1, 0.15) is 44.1 Å². The zero-order chi connectivity index (χ0) is 27.1. The van der Waals surface area contributed by atoms with Gasteiger partial charge in [0.1, 0.15) is 17.4 Å². The maximum atomic E-state index is 14.4. The van der Waals surface area contributed by atoms with Crippen molar-refractivity contribution in [3.8, 4) is 11.4 Å². The Morgan fingerprint density at radius 2 is 1.92 bits per heavy atom. The van der Waals surface area contributed by atoms with E-state index >= 15 is 0 Å². The molecular formula is C27H29F3N6O2. The van der Waals surface area contributed by atoms with Crippen molar-refractivity contribution in [3.05, 3.63) is 65.9 Å². The van der Waals surface area contributed by atoms with Gasteiger partial charge in [0, 0.05) is 24.6 Å². The number of fused-ring (bicyclic) bond motifs is 2. The Morgan fingerprint density at radius 1 is 1.11 bits per heavy atom. The number of ether oxygens (including phenoxy) is 1. The van der Waals surface area contributed by atoms with Gasteiger partial charge >= 0.3 is 6.18 Å². The summed E-state index contributed by atoms with van der Waals surface area (Å²) in [6.07, 6.45) is 0.409. The normalized spacial score (nSPS) is 15.2. The van der Waals surface area contributed by atoms with Crippen LogP contribution in [0.2, 0.25) is 0 Å². The number of anilines is 1. The number of pyridine rings is 1. The highest BCUT2D eigenvalue weighted by Crippen LogP contribution is 2.45. The van der Waals surface area contributed by atoms with Crippen molar-refractivity contribution in [2.45, 2.75) is 57.2 Å². The lowest BCUT2D eigenvalue weighted by molar-refractivity contribution is -0.260. The number of aryl methyl sites for hydroxylation is 1. The molecule has 11 heteroatoms. The van der Waals surface area contributed by atoms with Gasteiger partial charge in [0.15, 0.2) is 11.2 Å². The highest BCUT2D eigenvalue weighted by atomic mass is 19.4. The van der Waals surface area contributed by atoms with Crippen molar-refractivity contribution in [1.82, 2.24) is 24.7 Å². The van der Waals surface area contributed by atoms with Crippen LogP contribution in [0.4, 0.5) is 19.0 Å². The van der Waals surface area contributed by atoms with Crippen LogP contribution < -0.4 is 10.1 Å². The lowest BCUT2D eigenvalue weighted by Gasteiger charge is -2.38. The van der Waals surface area contributed by atoms with Crippen LogP contribution in [0, 0.1) is 0 Å². The lowest BCUT2D eigenvalue weighted by atomic mass is 9.74. The molecule has 1 unspecified atom stereocenters. The molecule has 5 rings (SSSR count). The summed E-state index contributed by atoms with van der Waals surface area (Å²) < 4.78 is 50.6. The topological polar surface area (TPSA) is 98.0 Å². The first-order valence-corrected chi connectivity index (χ1v) is 12.5. The van der Waals surface area contributed by atoms with Gasteiger partial charge in [-0.3, -0.25) is 4.98 Å². The van der Waals surface area contributed by atoms with E-state index in [1.165, 1.54) is 6.20 Å². The van der Waals surface area contributed by atoms with E-state index in [0.717, 1.165) is 5.56 Å². The predicted octanol–water partition coefficient (Wildman–Crippen LogP) is 4.78. The monoisotopic (exact) mass is 526 g/mol. The number of aromatic nitrogens is 5. The van der Waals surface area contributed by atoms with Crippen molar-refractivity contribution in [1.29, 1.82) is 0 Å². The molecule has 1 atom stereocenters. The molecule has 0 saturated carbocycles. The molecule has 3 aromatic heterocycles. The summed E-state index contributed by atoms with van der Waals surface area (Å²) in [5, 5.41) is 18.7. The first kappa shape index (κ1) is 25.9. The van der Waals surface area contributed by atoms with E-state index in [4.69, 9.17) is 4.74 Å². The number of aliphatic hydroxyl groups is 1. The van der Waals surface area contributed by atoms with Crippen molar-refractivity contribution in [2.24, 2.45) is 0 Å². The number of nitrogens with zero attached hydrogens (tertiary/aromatic N) is 5. The van der Waals surface area contributed by atoms with Crippen LogP contribution in [0.25, 0.3) is 16.7 Å². The van der Waals surface area contributed by atoms with Crippen LogP contribution in [0.15, 0.2) is 48.9 Å². The molecule has 0 aliphatic carbocycles. The maximum Gasteiger partial charge on any atom is 0.418 e. The molecule has 8 nitrogen and oxygen atoms in total. The predicted molar refractivity (Wildman–Crippen MR) is 137 cm³/mol. The molecule has 0 bridgehead atoms. The van der Waals surface area contributed by atoms with Gasteiger partial charge in [-0.25, -0.2) is 14.6 Å². The minimum absolute atomic E-state index is 0.173. The van der Waals surface area contributed by atoms with Gasteiger partial charge in [-0.1, -0.05) is 39.0 Å². The van der Waals surface area contributed by atoms with Gasteiger partial charge in [0.2, 0.25) is 0 Å². The number of hydrogen-bond acceptors (Lipinski definition) is 7. The number of para-hydroxylation sites is 1. The Labute approximate surface area is 217 Å². The fourth-order valence-electron chi connectivity index (χ4n) is 4.98. The summed E-state index contributed by atoms with van der Waals surface area (Å²) in [7, 11) is 0. The summed E-state index contributed by atoms with van der Waals surface area (Å²) >= 11 is 0. The lowest BCUT2D eigenvalue weighted by Crippen LogP contribution is -2.53. The van der Waals surface area contributed by atoms with Crippen LogP contribution in [0.3, 0.4) is 0 Å². The number of alkyl halides is 3. The average molecular weight is 527 g/mol. The molecule has 1 aromatic carbocycles. The van der Waals surface area contributed by atoms with E-state index in [9.17, 15) is 18.3 Å². The molecule has 0 fully saturated rings. The van der Waals surface area contributed by atoms with Crippen molar-refractivity contribution >= 4 is 16.9 Å². The molecule has 0 saturated heterocycles. The van der Waals surface area contributed by atoms with Crippen LogP contribution in [-0.4, -0.2) is 54.8 Å². The van der Waals surface area contributed by atoms with Gasteiger partial charge in [-0.15, -0.1) is 0 Å². The smallest absolute Gasteiger partial charge is 0.418 e. The van der Waals surface area contributed by atoms with E-state index in [2.05, 4.69) is 25.4 Å². The molecule has 2 N–H and O–H groups in total. The summed E-state index contributed by atoms with van der Waals surface area (Å²) in [6.45, 7) is 4.92. The molecule has 0 radical (unpaired) electrons. The molecule has 200 valence electrons. The summed E-state index contributed by atoms with van der Waals surface area (Å²) in [6, 6.07) is 9.05. The number of nitrogens with one attached hydrogen (secondary N) is 1. The highest BCUT2D eigenvalue weighted by molar-refractivity contribution is 5.87. The van der Waals surface area contributed by atoms with E-state index in [1.807, 2.05) is 19.1 Å². The third-order valence-corrected chi connectivity index (χ3v) is 6.94. The molecular weight excluding hydrogens is 497 g/mol. The van der Waals surface area contributed by atoms with Crippen molar-refractivity contribution in [3.63, 3.8) is 0 Å². The molecule has 1 aliphatic heterocycles. The van der Waals surface area contributed by atoms with Gasteiger partial charge < -0.3 is 15.2 Å². The highest BCUT2D eigenvalue weighted by Gasteiger charge is 2.56. The van der Waals surface area contributed by atoms with Gasteiger partial charge in [-0.05, 0) is 29.5 Å². The van der Waals surface area contributed by atoms with E-state index < -0.39 is 30.2 Å². The van der Waals surface area contributed by atoms with Gasteiger partial charge in [-0.2, -0.15) is 18.3 Å². The second-order valence-corrected chi connectivity index (χ2v) is 10.2. The zero-order valence-electron chi connectivity index (χ0n) is 21.4. The van der Waals surface area contributed by atoms with Crippen LogP contribution in [-0.2, 0) is 18.3 Å². The first-order valence-electron chi connectivity index (χ1n) is 12.5. The molecule has 0 amide bonds. The Balaban J connectivity index is 1.48. The second kappa shape index (κ2) is 9.54. The largest absolute Gasteiger partial charge is 0.493 e. The Hall–Kier alpha value is -3.73. The van der Waals surface area contributed by atoms with Gasteiger partial charge in [0.25, 0.3) is 0 Å². The number of benzene rings is 1.